The van der Waals surface area contributed by atoms with Crippen LogP contribution >= 0.6 is 0 Å². The van der Waals surface area contributed by atoms with E-state index < -0.39 is 11.9 Å². The zero-order chi connectivity index (χ0) is 20.8. The molecule has 0 unspecified atom stereocenters. The lowest BCUT2D eigenvalue weighted by molar-refractivity contribution is 0.0596. The van der Waals surface area contributed by atoms with Gasteiger partial charge in [0.15, 0.2) is 0 Å². The highest BCUT2D eigenvalue weighted by molar-refractivity contribution is 5.97. The third kappa shape index (κ3) is 5.16. The predicted molar refractivity (Wildman–Crippen MR) is 105 cm³/mol. The molecule has 0 aliphatic rings. The molecule has 0 radical (unpaired) electrons. The number of phenolic OH excluding ortho intramolecular Hbond substituents is 2. The molecule has 0 fully saturated rings. The Bertz CT molecular complexity index is 1080. The molecule has 0 atom stereocenters. The Kier molecular flexibility index (Phi) is 5.84. The maximum atomic E-state index is 12.0. The largest absolute Gasteiger partial charge is 0.508 e. The fourth-order valence-electron chi connectivity index (χ4n) is 2.39. The molecular formula is C21H17N3O5. The quantitative estimate of drug-likeness (QED) is 0.434. The fourth-order valence-corrected chi connectivity index (χ4v) is 2.39. The van der Waals surface area contributed by atoms with Gasteiger partial charge in [-0.1, -0.05) is 17.7 Å². The van der Waals surface area contributed by atoms with Gasteiger partial charge in [0.05, 0.1) is 22.5 Å². The lowest BCUT2D eigenvalue weighted by Gasteiger charge is -2.07. The topological polar surface area (TPSA) is 121 Å². The van der Waals surface area contributed by atoms with Crippen LogP contribution in [0.1, 0.15) is 26.3 Å². The van der Waals surface area contributed by atoms with Gasteiger partial charge in [-0.3, -0.25) is 4.79 Å². The number of hydrogen-bond donors (Lipinski definition) is 3. The zero-order valence-corrected chi connectivity index (χ0v) is 15.4. The Morgan fingerprint density at radius 2 is 1.72 bits per heavy atom. The van der Waals surface area contributed by atoms with Crippen LogP contribution in [0.2, 0.25) is 0 Å². The van der Waals surface area contributed by atoms with Crippen molar-refractivity contribution in [3.8, 4) is 11.5 Å². The predicted octanol–water partition coefficient (Wildman–Crippen LogP) is 4.51. The zero-order valence-electron chi connectivity index (χ0n) is 15.4. The van der Waals surface area contributed by atoms with E-state index in [0.717, 1.165) is 11.6 Å². The van der Waals surface area contributed by atoms with Gasteiger partial charge >= 0.3 is 5.97 Å². The highest BCUT2D eigenvalue weighted by Crippen LogP contribution is 2.24. The highest BCUT2D eigenvalue weighted by atomic mass is 16.7. The summed E-state index contributed by atoms with van der Waals surface area (Å²) in [5, 5.41) is 26.3. The first-order valence-corrected chi connectivity index (χ1v) is 8.54. The summed E-state index contributed by atoms with van der Waals surface area (Å²) in [6.07, 6.45) is 0. The number of benzene rings is 3. The fraction of sp³-hybridized carbons (Fsp3) is 0.0476. The molecule has 3 aromatic carbocycles. The molecule has 0 saturated carbocycles. The van der Waals surface area contributed by atoms with Crippen molar-refractivity contribution in [3.05, 3.63) is 83.4 Å². The van der Waals surface area contributed by atoms with E-state index in [1.165, 1.54) is 12.1 Å². The molecule has 146 valence electrons. The number of nitrogens with zero attached hydrogens (tertiary/aromatic N) is 2. The number of rotatable bonds is 5. The molecule has 0 saturated heterocycles. The van der Waals surface area contributed by atoms with Crippen LogP contribution in [0.25, 0.3) is 0 Å². The van der Waals surface area contributed by atoms with E-state index in [4.69, 9.17) is 4.84 Å². The molecule has 0 aromatic heterocycles. The molecular weight excluding hydrogens is 374 g/mol. The minimum absolute atomic E-state index is 0.0760. The summed E-state index contributed by atoms with van der Waals surface area (Å²) in [5.41, 5.74) is 4.74. The first-order valence-electron chi connectivity index (χ1n) is 8.54. The van der Waals surface area contributed by atoms with Gasteiger partial charge in [-0.25, -0.2) is 10.3 Å². The Hall–Kier alpha value is -4.20. The van der Waals surface area contributed by atoms with Crippen LogP contribution in [0, 0.1) is 6.92 Å². The Morgan fingerprint density at radius 3 is 2.41 bits per heavy atom. The molecule has 3 N–H and O–H groups in total. The molecule has 0 bridgehead atoms. The summed E-state index contributed by atoms with van der Waals surface area (Å²) in [5.74, 6) is -1.82. The maximum Gasteiger partial charge on any atom is 0.362 e. The SMILES string of the molecule is Cc1cccc(C(=O)ONc2ccc(N=NC(=O)c3ccc(O)cc3O)cc2)c1. The van der Waals surface area contributed by atoms with Crippen LogP contribution in [0.4, 0.5) is 11.4 Å². The van der Waals surface area contributed by atoms with Crippen molar-refractivity contribution in [2.45, 2.75) is 6.92 Å². The number of hydrogen-bond acceptors (Lipinski definition) is 7. The number of phenols is 2. The number of carbonyl (C=O) groups is 2. The van der Waals surface area contributed by atoms with E-state index in [0.29, 0.717) is 16.9 Å². The molecule has 1 amide bonds. The highest BCUT2D eigenvalue weighted by Gasteiger charge is 2.11. The number of azo groups is 1. The minimum Gasteiger partial charge on any atom is -0.508 e. The van der Waals surface area contributed by atoms with Crippen molar-refractivity contribution in [2.75, 3.05) is 5.48 Å². The van der Waals surface area contributed by atoms with Gasteiger partial charge < -0.3 is 15.1 Å². The Balaban J connectivity index is 1.59. The second kappa shape index (κ2) is 8.66. The maximum absolute atomic E-state index is 12.0. The summed E-state index contributed by atoms with van der Waals surface area (Å²) < 4.78 is 0. The summed E-state index contributed by atoms with van der Waals surface area (Å²) in [6, 6.07) is 16.9. The average Bonchev–Trinajstić information content (AvgIpc) is 2.71. The third-order valence-electron chi connectivity index (χ3n) is 3.85. The summed E-state index contributed by atoms with van der Waals surface area (Å²) in [4.78, 5) is 29.0. The van der Waals surface area contributed by atoms with Crippen molar-refractivity contribution >= 4 is 23.3 Å². The average molecular weight is 391 g/mol. The third-order valence-corrected chi connectivity index (χ3v) is 3.85. The lowest BCUT2D eigenvalue weighted by atomic mass is 10.1. The van der Waals surface area contributed by atoms with E-state index in [-0.39, 0.29) is 17.1 Å². The van der Waals surface area contributed by atoms with E-state index >= 15 is 0 Å². The number of anilines is 1. The molecule has 0 heterocycles. The molecule has 0 aliphatic carbocycles. The Morgan fingerprint density at radius 1 is 0.966 bits per heavy atom. The van der Waals surface area contributed by atoms with Gasteiger partial charge in [-0.15, -0.1) is 10.2 Å². The van der Waals surface area contributed by atoms with Crippen LogP contribution in [0.15, 0.2) is 77.0 Å². The molecule has 0 aliphatic heterocycles. The number of carbonyl (C=O) groups excluding carboxylic acids is 2. The Labute approximate surface area is 166 Å². The summed E-state index contributed by atoms with van der Waals surface area (Å²) >= 11 is 0. The number of nitrogens with one attached hydrogen (secondary N) is 1. The van der Waals surface area contributed by atoms with E-state index in [1.54, 1.807) is 42.5 Å². The molecule has 29 heavy (non-hydrogen) atoms. The van der Waals surface area contributed by atoms with E-state index in [9.17, 15) is 19.8 Å². The molecule has 3 aromatic rings. The van der Waals surface area contributed by atoms with Gasteiger partial charge in [0.2, 0.25) is 0 Å². The van der Waals surface area contributed by atoms with Crippen LogP contribution in [-0.4, -0.2) is 22.1 Å². The van der Waals surface area contributed by atoms with Crippen molar-refractivity contribution in [2.24, 2.45) is 10.2 Å². The number of aryl methyl sites for hydroxylation is 1. The van der Waals surface area contributed by atoms with Crippen molar-refractivity contribution < 1.29 is 24.6 Å². The first kappa shape index (κ1) is 19.6. The van der Waals surface area contributed by atoms with Gasteiger partial charge in [0, 0.05) is 6.07 Å². The van der Waals surface area contributed by atoms with Crippen LogP contribution < -0.4 is 5.48 Å². The van der Waals surface area contributed by atoms with Crippen LogP contribution in [0.5, 0.6) is 11.5 Å². The summed E-state index contributed by atoms with van der Waals surface area (Å²) in [7, 11) is 0. The first-order chi connectivity index (χ1) is 13.9. The second-order valence-corrected chi connectivity index (χ2v) is 6.11. The molecule has 3 rings (SSSR count). The van der Waals surface area contributed by atoms with Crippen molar-refractivity contribution in [1.82, 2.24) is 0 Å². The normalized spacial score (nSPS) is 10.7. The molecule has 0 spiro atoms. The second-order valence-electron chi connectivity index (χ2n) is 6.11. The molecule has 8 heteroatoms. The molecule has 8 nitrogen and oxygen atoms in total. The number of aromatic hydroxyl groups is 2. The van der Waals surface area contributed by atoms with E-state index in [1.807, 2.05) is 13.0 Å². The lowest BCUT2D eigenvalue weighted by Crippen LogP contribution is -2.10. The van der Waals surface area contributed by atoms with Crippen LogP contribution in [0.3, 0.4) is 0 Å². The van der Waals surface area contributed by atoms with Gasteiger partial charge in [-0.2, -0.15) is 0 Å². The van der Waals surface area contributed by atoms with Gasteiger partial charge in [0.1, 0.15) is 11.5 Å². The smallest absolute Gasteiger partial charge is 0.362 e. The van der Waals surface area contributed by atoms with Gasteiger partial charge in [-0.05, 0) is 55.5 Å². The number of amides is 1. The summed E-state index contributed by atoms with van der Waals surface area (Å²) in [6.45, 7) is 1.88. The van der Waals surface area contributed by atoms with Gasteiger partial charge in [0.25, 0.3) is 5.91 Å². The van der Waals surface area contributed by atoms with E-state index in [2.05, 4.69) is 15.7 Å². The van der Waals surface area contributed by atoms with Crippen LogP contribution in [-0.2, 0) is 4.84 Å². The van der Waals surface area contributed by atoms with Crippen molar-refractivity contribution in [3.63, 3.8) is 0 Å². The van der Waals surface area contributed by atoms with Crippen molar-refractivity contribution in [1.29, 1.82) is 0 Å². The standard InChI is InChI=1S/C21H17N3O5/c1-13-3-2-4-14(11-13)21(28)29-24-16-7-5-15(6-8-16)22-23-20(27)18-10-9-17(25)12-19(18)26/h2-12,24-26H,1H3. The monoisotopic (exact) mass is 391 g/mol. The minimum atomic E-state index is -0.753.